The molecule has 0 bridgehead atoms. The van der Waals surface area contributed by atoms with Crippen molar-refractivity contribution >= 4 is 56.3 Å². The minimum atomic E-state index is 0.402. The van der Waals surface area contributed by atoms with Gasteiger partial charge in [-0.3, -0.25) is 0 Å². The van der Waals surface area contributed by atoms with Crippen molar-refractivity contribution in [3.8, 4) is 0 Å². The summed E-state index contributed by atoms with van der Waals surface area (Å²) < 4.78 is 0.727. The number of hydrogen-bond donors (Lipinski definition) is 2. The lowest BCUT2D eigenvalue weighted by Gasteiger charge is -2.10. The molecule has 0 saturated carbocycles. The normalized spacial score (nSPS) is 10.3. The molecule has 1 aromatic carbocycles. The van der Waals surface area contributed by atoms with Crippen LogP contribution in [0.15, 0.2) is 29.1 Å². The highest BCUT2D eigenvalue weighted by Crippen LogP contribution is 2.37. The van der Waals surface area contributed by atoms with Gasteiger partial charge in [0.2, 0.25) is 0 Å². The van der Waals surface area contributed by atoms with Crippen molar-refractivity contribution in [3.63, 3.8) is 0 Å². The molecular weight excluding hydrogens is 327 g/mol. The van der Waals surface area contributed by atoms with Crippen molar-refractivity contribution < 1.29 is 0 Å². The number of nitrogens with two attached hydrogens (primary N) is 1. The van der Waals surface area contributed by atoms with Crippen LogP contribution in [0.1, 0.15) is 0 Å². The summed E-state index contributed by atoms with van der Waals surface area (Å²) in [5.74, 6) is 0.486. The molecule has 0 aliphatic carbocycles. The van der Waals surface area contributed by atoms with E-state index in [0.717, 1.165) is 4.47 Å². The third-order valence-electron chi connectivity index (χ3n) is 2.03. The van der Waals surface area contributed by atoms with E-state index in [1.54, 1.807) is 12.1 Å². The van der Waals surface area contributed by atoms with Crippen LogP contribution in [0.25, 0.3) is 0 Å². The van der Waals surface area contributed by atoms with Gasteiger partial charge in [-0.1, -0.05) is 23.2 Å². The largest absolute Gasteiger partial charge is 0.394 e. The van der Waals surface area contributed by atoms with Gasteiger partial charge in [-0.25, -0.2) is 9.97 Å². The Kier molecular flexibility index (Phi) is 3.71. The van der Waals surface area contributed by atoms with Crippen molar-refractivity contribution in [2.75, 3.05) is 11.1 Å². The molecule has 0 amide bonds. The number of aromatic nitrogens is 2. The van der Waals surface area contributed by atoms with Crippen LogP contribution in [0, 0.1) is 0 Å². The molecule has 1 heterocycles. The highest BCUT2D eigenvalue weighted by Gasteiger charge is 2.10. The maximum atomic E-state index is 6.09. The van der Waals surface area contributed by atoms with E-state index in [0.29, 0.717) is 27.2 Å². The average molecular weight is 334 g/mol. The van der Waals surface area contributed by atoms with E-state index in [1.807, 2.05) is 0 Å². The monoisotopic (exact) mass is 332 g/mol. The van der Waals surface area contributed by atoms with Gasteiger partial charge in [0.05, 0.1) is 27.6 Å². The summed E-state index contributed by atoms with van der Waals surface area (Å²) in [4.78, 5) is 7.80. The van der Waals surface area contributed by atoms with Gasteiger partial charge in [-0.15, -0.1) is 0 Å². The summed E-state index contributed by atoms with van der Waals surface area (Å²) >= 11 is 15.4. The first-order valence-electron chi connectivity index (χ1n) is 4.55. The lowest BCUT2D eigenvalue weighted by molar-refractivity contribution is 1.17. The molecule has 0 aliphatic heterocycles. The molecule has 4 nitrogen and oxygen atoms in total. The van der Waals surface area contributed by atoms with E-state index in [1.165, 1.54) is 12.5 Å². The number of rotatable bonds is 2. The molecule has 2 aromatic rings. The summed E-state index contributed by atoms with van der Waals surface area (Å²) in [6.45, 7) is 0. The fourth-order valence-corrected chi connectivity index (χ4v) is 2.02. The van der Waals surface area contributed by atoms with Gasteiger partial charge in [0.25, 0.3) is 0 Å². The minimum absolute atomic E-state index is 0.402. The smallest absolute Gasteiger partial charge is 0.157 e. The third-order valence-corrected chi connectivity index (χ3v) is 3.80. The van der Waals surface area contributed by atoms with Crippen molar-refractivity contribution in [1.29, 1.82) is 0 Å². The first-order chi connectivity index (χ1) is 8.09. The Morgan fingerprint density at radius 1 is 1.24 bits per heavy atom. The highest BCUT2D eigenvalue weighted by atomic mass is 79.9. The quantitative estimate of drug-likeness (QED) is 0.819. The van der Waals surface area contributed by atoms with E-state index in [-0.39, 0.29) is 0 Å². The second kappa shape index (κ2) is 5.08. The fraction of sp³-hybridized carbons (Fsp3) is 0. The van der Waals surface area contributed by atoms with Gasteiger partial charge in [-0.2, -0.15) is 0 Å². The molecule has 2 rings (SSSR count). The van der Waals surface area contributed by atoms with E-state index in [9.17, 15) is 0 Å². The number of nitrogen functional groups attached to an aromatic ring is 1. The summed E-state index contributed by atoms with van der Waals surface area (Å²) in [5.41, 5.74) is 6.78. The summed E-state index contributed by atoms with van der Waals surface area (Å²) in [6.07, 6.45) is 2.90. The maximum Gasteiger partial charge on any atom is 0.157 e. The van der Waals surface area contributed by atoms with E-state index < -0.39 is 0 Å². The molecule has 3 N–H and O–H groups in total. The first-order valence-corrected chi connectivity index (χ1v) is 6.10. The Bertz CT molecular complexity index is 562. The number of anilines is 3. The van der Waals surface area contributed by atoms with Gasteiger partial charge in [0.15, 0.2) is 5.82 Å². The zero-order valence-corrected chi connectivity index (χ0v) is 11.5. The predicted octanol–water partition coefficient (Wildman–Crippen LogP) is 3.87. The summed E-state index contributed by atoms with van der Waals surface area (Å²) in [6, 6.07) is 3.56. The Labute approximate surface area is 116 Å². The third kappa shape index (κ3) is 2.62. The number of nitrogens with zero attached hydrogens (tertiary/aromatic N) is 2. The van der Waals surface area contributed by atoms with Crippen molar-refractivity contribution in [3.05, 3.63) is 39.2 Å². The van der Waals surface area contributed by atoms with Crippen LogP contribution in [0.4, 0.5) is 17.2 Å². The van der Waals surface area contributed by atoms with Crippen molar-refractivity contribution in [2.45, 2.75) is 0 Å². The second-order valence-electron chi connectivity index (χ2n) is 3.17. The molecule has 17 heavy (non-hydrogen) atoms. The molecule has 0 fully saturated rings. The van der Waals surface area contributed by atoms with Crippen LogP contribution in [0.5, 0.6) is 0 Å². The molecule has 0 radical (unpaired) electrons. The van der Waals surface area contributed by atoms with Crippen LogP contribution < -0.4 is 11.1 Å². The zero-order valence-electron chi connectivity index (χ0n) is 8.42. The molecule has 7 heteroatoms. The Morgan fingerprint density at radius 3 is 2.71 bits per heavy atom. The first kappa shape index (κ1) is 12.4. The Morgan fingerprint density at radius 2 is 2.00 bits per heavy atom. The lowest BCUT2D eigenvalue weighted by Crippen LogP contribution is -2.00. The SMILES string of the molecule is Nc1cncnc1Nc1ccc(Br)c(Cl)c1Cl. The Balaban J connectivity index is 2.38. The Hall–Kier alpha value is -1.04. The van der Waals surface area contributed by atoms with Gasteiger partial charge < -0.3 is 11.1 Å². The van der Waals surface area contributed by atoms with Gasteiger partial charge >= 0.3 is 0 Å². The van der Waals surface area contributed by atoms with Crippen LogP contribution in [-0.4, -0.2) is 9.97 Å². The predicted molar refractivity (Wildman–Crippen MR) is 73.9 cm³/mol. The molecular formula is C10H7BrCl2N4. The number of halogens is 3. The molecule has 88 valence electrons. The zero-order chi connectivity index (χ0) is 12.4. The second-order valence-corrected chi connectivity index (χ2v) is 4.78. The standard InChI is InChI=1S/C10H7BrCl2N4/c11-5-1-2-7(9(13)8(5)12)17-10-6(14)3-15-4-16-10/h1-4H,14H2,(H,15,16,17). The summed E-state index contributed by atoms with van der Waals surface area (Å²) in [5, 5.41) is 3.83. The molecule has 0 spiro atoms. The highest BCUT2D eigenvalue weighted by molar-refractivity contribution is 9.10. The summed E-state index contributed by atoms with van der Waals surface area (Å²) in [7, 11) is 0. The maximum absolute atomic E-state index is 6.09. The van der Waals surface area contributed by atoms with Crippen molar-refractivity contribution in [2.24, 2.45) is 0 Å². The molecule has 0 atom stereocenters. The van der Waals surface area contributed by atoms with Crippen LogP contribution in [-0.2, 0) is 0 Å². The number of benzene rings is 1. The molecule has 1 aromatic heterocycles. The van der Waals surface area contributed by atoms with Gasteiger partial charge in [0, 0.05) is 4.47 Å². The van der Waals surface area contributed by atoms with E-state index in [4.69, 9.17) is 28.9 Å². The lowest BCUT2D eigenvalue weighted by atomic mass is 10.3. The van der Waals surface area contributed by atoms with Crippen LogP contribution in [0.3, 0.4) is 0 Å². The van der Waals surface area contributed by atoms with Crippen molar-refractivity contribution in [1.82, 2.24) is 9.97 Å². The van der Waals surface area contributed by atoms with Gasteiger partial charge in [0.1, 0.15) is 6.33 Å². The van der Waals surface area contributed by atoms with Gasteiger partial charge in [-0.05, 0) is 28.1 Å². The number of nitrogens with one attached hydrogen (secondary N) is 1. The minimum Gasteiger partial charge on any atom is -0.394 e. The molecule has 0 unspecified atom stereocenters. The van der Waals surface area contributed by atoms with E-state index in [2.05, 4.69) is 31.2 Å². The van der Waals surface area contributed by atoms with Crippen LogP contribution >= 0.6 is 39.1 Å². The van der Waals surface area contributed by atoms with E-state index >= 15 is 0 Å². The van der Waals surface area contributed by atoms with Crippen LogP contribution in [0.2, 0.25) is 10.0 Å². The topological polar surface area (TPSA) is 63.8 Å². The molecule has 0 aliphatic rings. The fourth-order valence-electron chi connectivity index (χ4n) is 1.19. The molecule has 0 saturated heterocycles. The number of hydrogen-bond acceptors (Lipinski definition) is 4. The average Bonchev–Trinajstić information content (AvgIpc) is 2.32.